The van der Waals surface area contributed by atoms with Crippen molar-refractivity contribution in [3.8, 4) is 16.9 Å². The molecule has 212 valence electrons. The Morgan fingerprint density at radius 1 is 1.05 bits per heavy atom. The highest BCUT2D eigenvalue weighted by molar-refractivity contribution is 5.98. The Balaban J connectivity index is 1.44. The third-order valence-electron chi connectivity index (χ3n) is 8.29. The van der Waals surface area contributed by atoms with Crippen molar-refractivity contribution < 1.29 is 19.4 Å². The van der Waals surface area contributed by atoms with Crippen LogP contribution in [0.3, 0.4) is 0 Å². The molecule has 1 saturated heterocycles. The summed E-state index contributed by atoms with van der Waals surface area (Å²) in [7, 11) is 1.66. The molecule has 2 heterocycles. The number of rotatable bonds is 7. The van der Waals surface area contributed by atoms with Crippen LogP contribution in [0.25, 0.3) is 21.9 Å². The third kappa shape index (κ3) is 5.49. The van der Waals surface area contributed by atoms with Crippen LogP contribution in [0.15, 0.2) is 85.2 Å². The van der Waals surface area contributed by atoms with Crippen molar-refractivity contribution >= 4 is 22.8 Å². The van der Waals surface area contributed by atoms with Crippen LogP contribution in [0.1, 0.15) is 44.7 Å². The lowest BCUT2D eigenvalue weighted by Gasteiger charge is -2.45. The zero-order valence-electron chi connectivity index (χ0n) is 24.1. The molecule has 1 aliphatic heterocycles. The summed E-state index contributed by atoms with van der Waals surface area (Å²) < 4.78 is 5.42. The van der Waals surface area contributed by atoms with Gasteiger partial charge in [-0.15, -0.1) is 0 Å². The molecule has 0 aliphatic carbocycles. The summed E-state index contributed by atoms with van der Waals surface area (Å²) in [4.78, 5) is 31.9. The summed E-state index contributed by atoms with van der Waals surface area (Å²) >= 11 is 0. The number of carboxylic acid groups (broad SMARTS) is 1. The van der Waals surface area contributed by atoms with E-state index in [2.05, 4.69) is 43.2 Å². The number of ether oxygens (including phenoxy) is 1. The highest BCUT2D eigenvalue weighted by Crippen LogP contribution is 2.49. The molecule has 7 heteroatoms. The van der Waals surface area contributed by atoms with Crippen LogP contribution < -0.4 is 10.1 Å². The summed E-state index contributed by atoms with van der Waals surface area (Å²) in [6.07, 6.45) is 3.45. The Bertz CT molecular complexity index is 1560. The summed E-state index contributed by atoms with van der Waals surface area (Å²) in [5, 5.41) is 15.2. The fourth-order valence-corrected chi connectivity index (χ4v) is 6.73. The molecule has 1 aliphatic rings. The molecule has 2 atom stereocenters. The number of methoxy groups -OCH3 is 1. The quantitative estimate of drug-likeness (QED) is 0.268. The van der Waals surface area contributed by atoms with Crippen molar-refractivity contribution in [1.29, 1.82) is 0 Å². The molecule has 41 heavy (non-hydrogen) atoms. The molecule has 3 aromatic carbocycles. The fraction of sp³-hybridized carbons (Fsp3) is 0.324. The van der Waals surface area contributed by atoms with Crippen LogP contribution in [-0.4, -0.2) is 46.7 Å². The van der Waals surface area contributed by atoms with E-state index >= 15 is 0 Å². The van der Waals surface area contributed by atoms with Gasteiger partial charge in [0.25, 0.3) is 0 Å². The molecule has 1 fully saturated rings. The van der Waals surface area contributed by atoms with Crippen molar-refractivity contribution in [1.82, 2.24) is 15.2 Å². The summed E-state index contributed by atoms with van der Waals surface area (Å²) in [5.41, 5.74) is 3.06. The number of likely N-dealkylation sites (tertiary alicyclic amines) is 1. The van der Waals surface area contributed by atoms with E-state index in [9.17, 15) is 14.7 Å². The zero-order valence-corrected chi connectivity index (χ0v) is 24.1. The van der Waals surface area contributed by atoms with E-state index in [1.165, 1.54) is 4.90 Å². The predicted molar refractivity (Wildman–Crippen MR) is 161 cm³/mol. The van der Waals surface area contributed by atoms with Crippen LogP contribution >= 0.6 is 0 Å². The number of carbonyl (C=O) groups is 2. The predicted octanol–water partition coefficient (Wildman–Crippen LogP) is 6.65. The standard InChI is InChI=1S/C34H37N3O4/c1-33(2,3)31-34(16-18-37(31)32(39)40,25-10-6-5-7-11-25)20-30(38)36-21-24-13-14-27(28-15-17-35-22-29(24)28)23-9-8-12-26(19-23)41-4/h5-15,17,19,22,31H,16,18,20-21H2,1-4H3,(H,36,38)(H,39,40). The first-order valence-corrected chi connectivity index (χ1v) is 14.0. The number of nitrogens with one attached hydrogen (secondary N) is 1. The van der Waals surface area contributed by atoms with Crippen LogP contribution in [0, 0.1) is 5.41 Å². The minimum atomic E-state index is -0.946. The zero-order chi connectivity index (χ0) is 29.2. The molecule has 2 unspecified atom stereocenters. The molecule has 2 N–H and O–H groups in total. The third-order valence-corrected chi connectivity index (χ3v) is 8.29. The van der Waals surface area contributed by atoms with E-state index < -0.39 is 11.5 Å². The monoisotopic (exact) mass is 551 g/mol. The lowest BCUT2D eigenvalue weighted by Crippen LogP contribution is -2.53. The molecule has 7 nitrogen and oxygen atoms in total. The van der Waals surface area contributed by atoms with E-state index in [0.717, 1.165) is 38.8 Å². The first kappa shape index (κ1) is 28.1. The van der Waals surface area contributed by atoms with E-state index in [1.807, 2.05) is 66.9 Å². The second kappa shape index (κ2) is 11.2. The Morgan fingerprint density at radius 3 is 2.54 bits per heavy atom. The molecule has 0 spiro atoms. The molecule has 4 aromatic rings. The van der Waals surface area contributed by atoms with Gasteiger partial charge in [-0.05, 0) is 57.7 Å². The maximum absolute atomic E-state index is 13.7. The normalized spacial score (nSPS) is 18.8. The van der Waals surface area contributed by atoms with Gasteiger partial charge in [0, 0.05) is 42.7 Å². The number of benzene rings is 3. The van der Waals surface area contributed by atoms with Crippen LogP contribution in [-0.2, 0) is 16.8 Å². The maximum Gasteiger partial charge on any atom is 0.407 e. The molecular weight excluding hydrogens is 514 g/mol. The highest BCUT2D eigenvalue weighted by Gasteiger charge is 2.55. The first-order chi connectivity index (χ1) is 19.6. The van der Waals surface area contributed by atoms with Gasteiger partial charge in [0.05, 0.1) is 13.2 Å². The summed E-state index contributed by atoms with van der Waals surface area (Å²) in [6, 6.07) is 23.6. The number of pyridine rings is 1. The van der Waals surface area contributed by atoms with Crippen LogP contribution in [0.2, 0.25) is 0 Å². The number of fused-ring (bicyclic) bond motifs is 1. The van der Waals surface area contributed by atoms with E-state index in [-0.39, 0.29) is 23.8 Å². The topological polar surface area (TPSA) is 91.8 Å². The summed E-state index contributed by atoms with van der Waals surface area (Å²) in [6.45, 7) is 6.89. The number of hydrogen-bond acceptors (Lipinski definition) is 4. The van der Waals surface area contributed by atoms with Crippen molar-refractivity contribution in [2.45, 2.75) is 51.6 Å². The average molecular weight is 552 g/mol. The Hall–Kier alpha value is -4.39. The van der Waals surface area contributed by atoms with Gasteiger partial charge in [-0.2, -0.15) is 0 Å². The van der Waals surface area contributed by atoms with E-state index in [1.54, 1.807) is 13.3 Å². The maximum atomic E-state index is 13.7. The number of hydrogen-bond donors (Lipinski definition) is 2. The molecular formula is C34H37N3O4. The van der Waals surface area contributed by atoms with Crippen molar-refractivity contribution in [2.24, 2.45) is 5.41 Å². The first-order valence-electron chi connectivity index (χ1n) is 14.0. The number of carbonyl (C=O) groups excluding carboxylic acids is 1. The smallest absolute Gasteiger partial charge is 0.407 e. The highest BCUT2D eigenvalue weighted by atomic mass is 16.5. The number of amides is 2. The van der Waals surface area contributed by atoms with Gasteiger partial charge in [-0.25, -0.2) is 4.79 Å². The second-order valence-electron chi connectivity index (χ2n) is 11.9. The van der Waals surface area contributed by atoms with Crippen molar-refractivity contribution in [2.75, 3.05) is 13.7 Å². The molecule has 1 aromatic heterocycles. The van der Waals surface area contributed by atoms with Crippen molar-refractivity contribution in [3.63, 3.8) is 0 Å². The molecule has 0 saturated carbocycles. The Morgan fingerprint density at radius 2 is 1.83 bits per heavy atom. The van der Waals surface area contributed by atoms with E-state index in [4.69, 9.17) is 4.74 Å². The van der Waals surface area contributed by atoms with E-state index in [0.29, 0.717) is 19.5 Å². The lowest BCUT2D eigenvalue weighted by atomic mass is 9.64. The minimum absolute atomic E-state index is 0.107. The Kier molecular flexibility index (Phi) is 7.72. The SMILES string of the molecule is COc1cccc(-c2ccc(CNC(=O)CC3(c4ccccc4)CCN(C(=O)O)C3C(C)(C)C)c3cnccc23)c1. The van der Waals surface area contributed by atoms with Gasteiger partial charge in [0.1, 0.15) is 5.75 Å². The number of aromatic nitrogens is 1. The lowest BCUT2D eigenvalue weighted by molar-refractivity contribution is -0.123. The molecule has 5 rings (SSSR count). The van der Waals surface area contributed by atoms with Gasteiger partial charge in [0.15, 0.2) is 0 Å². The minimum Gasteiger partial charge on any atom is -0.497 e. The largest absolute Gasteiger partial charge is 0.497 e. The average Bonchev–Trinajstić information content (AvgIpc) is 3.37. The van der Waals surface area contributed by atoms with Gasteiger partial charge in [-0.3, -0.25) is 9.78 Å². The van der Waals surface area contributed by atoms with Crippen molar-refractivity contribution in [3.05, 3.63) is 96.3 Å². The van der Waals surface area contributed by atoms with Crippen LogP contribution in [0.5, 0.6) is 5.75 Å². The molecule has 2 amide bonds. The number of nitrogens with zero attached hydrogens (tertiary/aromatic N) is 2. The van der Waals surface area contributed by atoms with Gasteiger partial charge in [0.2, 0.25) is 5.91 Å². The van der Waals surface area contributed by atoms with Gasteiger partial charge >= 0.3 is 6.09 Å². The molecule has 0 radical (unpaired) electrons. The second-order valence-corrected chi connectivity index (χ2v) is 11.9. The van der Waals surface area contributed by atoms with Crippen LogP contribution in [0.4, 0.5) is 4.79 Å². The van der Waals surface area contributed by atoms with Gasteiger partial charge in [-0.1, -0.05) is 75.4 Å². The Labute approximate surface area is 241 Å². The van der Waals surface area contributed by atoms with Gasteiger partial charge < -0.3 is 20.1 Å². The summed E-state index contributed by atoms with van der Waals surface area (Å²) in [5.74, 6) is 0.680. The fourth-order valence-electron chi connectivity index (χ4n) is 6.73. The molecule has 0 bridgehead atoms.